The minimum Gasteiger partial charge on any atom is -0.462 e. The Labute approximate surface area is 242 Å². The molecule has 3 aromatic rings. The van der Waals surface area contributed by atoms with E-state index in [1.54, 1.807) is 43.3 Å². The van der Waals surface area contributed by atoms with E-state index in [0.29, 0.717) is 59.3 Å². The summed E-state index contributed by atoms with van der Waals surface area (Å²) in [5, 5.41) is 19.1. The molecule has 2 saturated carbocycles. The number of nitrogens with zero attached hydrogens (tertiary/aromatic N) is 2. The molecule has 222 valence electrons. The zero-order chi connectivity index (χ0) is 29.7. The highest BCUT2D eigenvalue weighted by Crippen LogP contribution is 2.49. The molecule has 1 aromatic heterocycles. The number of ether oxygens (including phenoxy) is 2. The fraction of sp³-hybridized carbons (Fsp3) is 0.484. The summed E-state index contributed by atoms with van der Waals surface area (Å²) in [6, 6.07) is 10.3. The van der Waals surface area contributed by atoms with Crippen LogP contribution < -0.4 is 10.1 Å². The molecular weight excluding hydrogens is 542 g/mol. The van der Waals surface area contributed by atoms with E-state index < -0.39 is 17.0 Å². The van der Waals surface area contributed by atoms with Crippen LogP contribution in [0.2, 0.25) is 0 Å². The first-order valence-corrected chi connectivity index (χ1v) is 14.5. The number of carbonyl (C=O) groups is 2. The van der Waals surface area contributed by atoms with Gasteiger partial charge in [-0.05, 0) is 68.5 Å². The third kappa shape index (κ3) is 5.53. The minimum atomic E-state index is -1.13. The lowest BCUT2D eigenvalue weighted by Crippen LogP contribution is -2.28. The van der Waals surface area contributed by atoms with Crippen LogP contribution in [0, 0.1) is 9.81 Å². The fourth-order valence-corrected chi connectivity index (χ4v) is 6.27. The summed E-state index contributed by atoms with van der Waals surface area (Å²) in [6.45, 7) is 1.86. The fourth-order valence-electron chi connectivity index (χ4n) is 6.27. The average Bonchev–Trinajstić information content (AvgIpc) is 3.76. The molecule has 11 nitrogen and oxygen atoms in total. The van der Waals surface area contributed by atoms with E-state index in [1.807, 2.05) is 0 Å². The smallest absolute Gasteiger partial charge is 0.342 e. The zero-order valence-electron chi connectivity index (χ0n) is 23.6. The van der Waals surface area contributed by atoms with Crippen molar-refractivity contribution in [2.24, 2.45) is 10.4 Å². The summed E-state index contributed by atoms with van der Waals surface area (Å²) >= 11 is 0. The Hall–Kier alpha value is -4.12. The van der Waals surface area contributed by atoms with Crippen molar-refractivity contribution in [3.63, 3.8) is 0 Å². The average molecular weight is 578 g/mol. The molecule has 0 unspecified atom stereocenters. The van der Waals surface area contributed by atoms with Crippen molar-refractivity contribution < 1.29 is 28.6 Å². The first kappa shape index (κ1) is 29.4. The molecule has 11 heteroatoms. The van der Waals surface area contributed by atoms with E-state index in [9.17, 15) is 19.4 Å². The molecular formula is C31H35N3O8. The number of benzene rings is 2. The Morgan fingerprint density at radius 2 is 1.67 bits per heavy atom. The van der Waals surface area contributed by atoms with Gasteiger partial charge in [0.1, 0.15) is 28.2 Å². The number of furan rings is 1. The number of hydrogen-bond acceptors (Lipinski definition) is 10. The maximum absolute atomic E-state index is 13.2. The van der Waals surface area contributed by atoms with E-state index in [4.69, 9.17) is 19.0 Å². The number of aliphatic hydroxyl groups excluding tert-OH is 1. The molecule has 0 bridgehead atoms. The van der Waals surface area contributed by atoms with E-state index in [0.717, 1.165) is 25.7 Å². The molecule has 2 aliphatic carbocycles. The Bertz CT molecular complexity index is 1480. The van der Waals surface area contributed by atoms with Crippen LogP contribution in [0.3, 0.4) is 0 Å². The van der Waals surface area contributed by atoms with Crippen molar-refractivity contribution >= 4 is 22.8 Å². The van der Waals surface area contributed by atoms with Crippen molar-refractivity contribution in [1.29, 1.82) is 0 Å². The van der Waals surface area contributed by atoms with E-state index in [-0.39, 0.29) is 43.4 Å². The van der Waals surface area contributed by atoms with Gasteiger partial charge >= 0.3 is 5.97 Å². The standard InChI is InChI=1S/C31H35N3O8/c1-2-40-29(37)27-22-19-21(8-10-24(22)42-28(27)31(34-39)13-5-6-14-31)41-25-9-7-20(18-26(36)32-15-16-35)17-23(25)30(33-38)11-3-4-12-30/h7-10,17,19,35H,2-6,11-16,18H2,1H3,(H,32,36). The normalized spacial score (nSPS) is 17.2. The number of nitroso groups, excluding NO2 is 2. The first-order chi connectivity index (χ1) is 20.4. The van der Waals surface area contributed by atoms with Gasteiger partial charge in [-0.15, -0.1) is 9.81 Å². The lowest BCUT2D eigenvalue weighted by atomic mass is 9.87. The molecule has 0 radical (unpaired) electrons. The second kappa shape index (κ2) is 12.4. The quantitative estimate of drug-likeness (QED) is 0.192. The van der Waals surface area contributed by atoms with Crippen LogP contribution in [-0.2, 0) is 27.0 Å². The predicted molar refractivity (Wildman–Crippen MR) is 154 cm³/mol. The molecule has 42 heavy (non-hydrogen) atoms. The molecule has 0 atom stereocenters. The maximum atomic E-state index is 13.2. The molecule has 0 spiro atoms. The van der Waals surface area contributed by atoms with Gasteiger partial charge in [0, 0.05) is 17.5 Å². The number of nitrogens with one attached hydrogen (secondary N) is 1. The molecule has 2 fully saturated rings. The van der Waals surface area contributed by atoms with Crippen LogP contribution >= 0.6 is 0 Å². The van der Waals surface area contributed by atoms with Gasteiger partial charge in [-0.25, -0.2) is 4.79 Å². The highest BCUT2D eigenvalue weighted by Gasteiger charge is 2.45. The summed E-state index contributed by atoms with van der Waals surface area (Å²) in [5.41, 5.74) is -0.257. The van der Waals surface area contributed by atoms with Gasteiger partial charge in [-0.3, -0.25) is 4.79 Å². The minimum absolute atomic E-state index is 0.0708. The Kier molecular flexibility index (Phi) is 8.67. The third-order valence-electron chi connectivity index (χ3n) is 8.34. The van der Waals surface area contributed by atoms with Gasteiger partial charge in [0.05, 0.1) is 19.6 Å². The lowest BCUT2D eigenvalue weighted by Gasteiger charge is -2.24. The molecule has 1 amide bonds. The summed E-state index contributed by atoms with van der Waals surface area (Å²) in [5.74, 6) is 0.172. The van der Waals surface area contributed by atoms with Gasteiger partial charge in [0.25, 0.3) is 0 Å². The van der Waals surface area contributed by atoms with E-state index in [2.05, 4.69) is 15.7 Å². The third-order valence-corrected chi connectivity index (χ3v) is 8.34. The highest BCUT2D eigenvalue weighted by atomic mass is 16.5. The maximum Gasteiger partial charge on any atom is 0.342 e. The second-order valence-corrected chi connectivity index (χ2v) is 11.0. The largest absolute Gasteiger partial charge is 0.462 e. The molecule has 1 heterocycles. The summed E-state index contributed by atoms with van der Waals surface area (Å²) in [4.78, 5) is 49.8. The van der Waals surface area contributed by atoms with Gasteiger partial charge in [0.15, 0.2) is 11.3 Å². The zero-order valence-corrected chi connectivity index (χ0v) is 23.6. The highest BCUT2D eigenvalue weighted by molar-refractivity contribution is 6.05. The number of aliphatic hydroxyl groups is 1. The predicted octanol–water partition coefficient (Wildman–Crippen LogP) is 6.12. The lowest BCUT2D eigenvalue weighted by molar-refractivity contribution is -0.120. The van der Waals surface area contributed by atoms with Crippen molar-refractivity contribution in [3.8, 4) is 11.5 Å². The van der Waals surface area contributed by atoms with E-state index >= 15 is 0 Å². The molecule has 0 aliphatic heterocycles. The Morgan fingerprint density at radius 3 is 2.31 bits per heavy atom. The number of rotatable bonds is 12. The SMILES string of the molecule is CCOC(=O)c1c(C2(N=O)CCCC2)oc2ccc(Oc3ccc(CC(=O)NCCO)cc3C3(N=O)CCCC3)cc12. The van der Waals surface area contributed by atoms with Crippen LogP contribution in [0.15, 0.2) is 51.2 Å². The number of carbonyl (C=O) groups excluding carboxylic acids is 2. The summed E-state index contributed by atoms with van der Waals surface area (Å²) in [6.07, 6.45) is 5.44. The van der Waals surface area contributed by atoms with Gasteiger partial charge in [0.2, 0.25) is 5.91 Å². The molecule has 2 aromatic carbocycles. The number of amides is 1. The number of esters is 1. The second-order valence-electron chi connectivity index (χ2n) is 11.0. The molecule has 2 N–H and O–H groups in total. The van der Waals surface area contributed by atoms with Crippen molar-refractivity contribution in [2.75, 3.05) is 19.8 Å². The van der Waals surface area contributed by atoms with Gasteiger partial charge in [-0.2, -0.15) is 0 Å². The van der Waals surface area contributed by atoms with Crippen LogP contribution in [0.25, 0.3) is 11.0 Å². The van der Waals surface area contributed by atoms with Crippen LogP contribution in [0.5, 0.6) is 11.5 Å². The van der Waals surface area contributed by atoms with Crippen LogP contribution in [0.4, 0.5) is 0 Å². The van der Waals surface area contributed by atoms with Crippen LogP contribution in [-0.4, -0.2) is 36.7 Å². The van der Waals surface area contributed by atoms with Crippen molar-refractivity contribution in [3.05, 3.63) is 68.7 Å². The summed E-state index contributed by atoms with van der Waals surface area (Å²) < 4.78 is 17.8. The van der Waals surface area contributed by atoms with Gasteiger partial charge in [-0.1, -0.05) is 42.1 Å². The van der Waals surface area contributed by atoms with Gasteiger partial charge < -0.3 is 24.3 Å². The van der Waals surface area contributed by atoms with Crippen molar-refractivity contribution in [2.45, 2.75) is 75.8 Å². The van der Waals surface area contributed by atoms with Crippen LogP contribution in [0.1, 0.15) is 85.5 Å². The number of hydrogen-bond donors (Lipinski definition) is 2. The molecule has 2 aliphatic rings. The molecule has 0 saturated heterocycles. The molecule has 5 rings (SSSR count). The monoisotopic (exact) mass is 577 g/mol. The number of fused-ring (bicyclic) bond motifs is 1. The summed E-state index contributed by atoms with van der Waals surface area (Å²) in [7, 11) is 0. The Balaban J connectivity index is 1.56. The first-order valence-electron chi connectivity index (χ1n) is 14.5. The van der Waals surface area contributed by atoms with E-state index in [1.165, 1.54) is 0 Å². The topological polar surface area (TPSA) is 157 Å². The van der Waals surface area contributed by atoms with Crippen molar-refractivity contribution in [1.82, 2.24) is 5.32 Å². The Morgan fingerprint density at radius 1 is 0.976 bits per heavy atom.